The zero-order valence-corrected chi connectivity index (χ0v) is 53.8. The van der Waals surface area contributed by atoms with Gasteiger partial charge in [-0.15, -0.1) is 0 Å². The third-order valence-electron chi connectivity index (χ3n) is 14.5. The minimum absolute atomic E-state index is 0.200. The van der Waals surface area contributed by atoms with Crippen LogP contribution in [0.4, 0.5) is 0 Å². The van der Waals surface area contributed by atoms with E-state index in [4.69, 9.17) is 0 Å². The van der Waals surface area contributed by atoms with E-state index < -0.39 is 0 Å². The summed E-state index contributed by atoms with van der Waals surface area (Å²) in [6.07, 6.45) is 0. The van der Waals surface area contributed by atoms with E-state index in [1.54, 1.807) is 0 Å². The van der Waals surface area contributed by atoms with E-state index in [1.165, 1.54) is 115 Å². The fraction of sp³-hybridized carbons (Fsp3) is 0.0541. The van der Waals surface area contributed by atoms with Gasteiger partial charge in [-0.2, -0.15) is 0 Å². The van der Waals surface area contributed by atoms with Crippen LogP contribution in [0.3, 0.4) is 0 Å². The minimum atomic E-state index is 0.200. The first-order valence-electron chi connectivity index (χ1n) is 26.4. The second kappa shape index (κ2) is 31.1. The van der Waals surface area contributed by atoms with Crippen molar-refractivity contribution in [1.82, 2.24) is 0 Å². The number of hydrogen-bond acceptors (Lipinski definition) is 0. The molecule has 0 bridgehead atoms. The topological polar surface area (TPSA) is 0 Å². The van der Waals surface area contributed by atoms with Gasteiger partial charge in [0, 0.05) is 59.2 Å². The molecule has 2 atom stereocenters. The Morgan fingerprint density at radius 1 is 0.200 bits per heavy atom. The van der Waals surface area contributed by atoms with Gasteiger partial charge in [-0.1, -0.05) is 317 Å². The van der Waals surface area contributed by atoms with Crippen molar-refractivity contribution in [2.24, 2.45) is 0 Å². The van der Waals surface area contributed by atoms with Crippen LogP contribution in [0.1, 0.15) is 81.3 Å². The van der Waals surface area contributed by atoms with Gasteiger partial charge in [-0.05, 0) is 67.5 Å². The van der Waals surface area contributed by atoms with Crippen molar-refractivity contribution in [3.05, 3.63) is 418 Å². The molecule has 0 aliphatic heterocycles. The third kappa shape index (κ3) is 14.4. The van der Waals surface area contributed by atoms with Crippen molar-refractivity contribution in [2.45, 2.75) is 25.7 Å². The van der Waals surface area contributed by atoms with Crippen molar-refractivity contribution in [2.75, 3.05) is 0 Å². The fourth-order valence-corrected chi connectivity index (χ4v) is 11.2. The Bertz CT molecular complexity index is 2870. The molecule has 10 radical (unpaired) electrons. The van der Waals surface area contributed by atoms with Gasteiger partial charge in [0.15, 0.2) is 0 Å². The zero-order valence-electron chi connectivity index (χ0n) is 44.2. The van der Waals surface area contributed by atoms with Gasteiger partial charge in [-0.25, -0.2) is 0 Å². The van der Waals surface area contributed by atoms with Crippen LogP contribution in [0.2, 0.25) is 0 Å². The average Bonchev–Trinajstić information content (AvgIpc) is 4.14. The van der Waals surface area contributed by atoms with Crippen LogP contribution in [-0.2, 0) is 26.4 Å². The molecule has 0 heterocycles. The Morgan fingerprint density at radius 3 is 0.475 bits per heavy atom. The van der Waals surface area contributed by atoms with Gasteiger partial charge >= 0.3 is 80.9 Å². The first-order valence-corrected chi connectivity index (χ1v) is 41.4. The number of rotatable bonds is 12. The van der Waals surface area contributed by atoms with E-state index in [9.17, 15) is 0 Å². The summed E-state index contributed by atoms with van der Waals surface area (Å²) in [5, 5.41) is 0. The Kier molecular flexibility index (Phi) is 23.3. The van der Waals surface area contributed by atoms with Crippen molar-refractivity contribution in [1.29, 1.82) is 0 Å². The summed E-state index contributed by atoms with van der Waals surface area (Å²) in [7, 11) is 0. The molecule has 2 aliphatic carbocycles. The van der Waals surface area contributed by atoms with Crippen LogP contribution in [-0.4, -0.2) is 0 Å². The molecule has 0 unspecified atom stereocenters. The van der Waals surface area contributed by atoms with Crippen molar-refractivity contribution >= 4 is 54.5 Å². The molecule has 0 amide bonds. The summed E-state index contributed by atoms with van der Waals surface area (Å²) in [6, 6.07) is 109. The van der Waals surface area contributed by atoms with Gasteiger partial charge in [0.05, 0.1) is 0 Å². The molecule has 12 rings (SSSR count). The summed E-state index contributed by atoms with van der Waals surface area (Å²) in [4.78, 5) is 0. The molecule has 10 aromatic rings. The van der Waals surface area contributed by atoms with Gasteiger partial charge in [0.1, 0.15) is 0 Å². The predicted molar refractivity (Wildman–Crippen MR) is 342 cm³/mol. The number of hydrogen-bond donors (Lipinski definition) is 0. The van der Waals surface area contributed by atoms with Crippen LogP contribution < -0.4 is 0 Å². The first-order chi connectivity index (χ1) is 39.5. The maximum absolute atomic E-state index is 3.13. The van der Waals surface area contributed by atoms with Crippen molar-refractivity contribution < 1.29 is 26.4 Å². The predicted octanol–water partition coefficient (Wildman–Crippen LogP) is 21.1. The monoisotopic (exact) mass is 1470 g/mol. The van der Waals surface area contributed by atoms with Crippen LogP contribution in [0.25, 0.3) is 0 Å². The fourth-order valence-electron chi connectivity index (χ4n) is 11.2. The molecule has 0 aromatic heterocycles. The molecule has 2 aliphatic rings. The summed E-state index contributed by atoms with van der Waals surface area (Å²) < 4.78 is 0. The Morgan fingerprint density at radius 2 is 0.325 bits per heavy atom. The number of halogens is 4. The van der Waals surface area contributed by atoms with E-state index in [2.05, 4.69) is 372 Å². The molecule has 80 heavy (non-hydrogen) atoms. The Hall–Kier alpha value is -4.63. The van der Waals surface area contributed by atoms with Crippen LogP contribution in [0.15, 0.2) is 303 Å². The summed E-state index contributed by atoms with van der Waals surface area (Å²) in [5.41, 5.74) is 12.6. The average molecular weight is 1470 g/mol. The summed E-state index contributed by atoms with van der Waals surface area (Å²) in [5.74, 6) is 13.6. The molecular weight excluding hydrogens is 1410 g/mol. The SMILES string of the molecule is C[C@@H]([C]1[C](c2ccccc2)[C](c2ccccc2)[C](c2ccccc2)[C]1c1ccccc1)c1ccccc1.C[C@@H]([C]1[C](c2ccccc2)[C](c2ccccc2)[C](c2ccccc2)[C]1c1ccccc1)c1ccccc1.[Br][Rh+][Br].[Br][Rh+][Br]. The van der Waals surface area contributed by atoms with Gasteiger partial charge < -0.3 is 0 Å². The van der Waals surface area contributed by atoms with Crippen LogP contribution >= 0.6 is 54.5 Å². The molecule has 0 nitrogen and oxygen atoms in total. The molecule has 10 aromatic carbocycles. The van der Waals surface area contributed by atoms with E-state index in [1.807, 2.05) is 0 Å². The normalized spacial score (nSPS) is 16.0. The van der Waals surface area contributed by atoms with E-state index in [-0.39, 0.29) is 11.8 Å². The van der Waals surface area contributed by atoms with Gasteiger partial charge in [-0.3, -0.25) is 0 Å². The molecule has 2 fully saturated rings. The van der Waals surface area contributed by atoms with Gasteiger partial charge in [0.2, 0.25) is 0 Å². The zero-order chi connectivity index (χ0) is 55.5. The van der Waals surface area contributed by atoms with Gasteiger partial charge in [0.25, 0.3) is 0 Å². The molecule has 0 spiro atoms. The Labute approximate surface area is 519 Å². The maximum atomic E-state index is 3.13. The molecule has 398 valence electrons. The van der Waals surface area contributed by atoms with Crippen molar-refractivity contribution in [3.63, 3.8) is 0 Å². The van der Waals surface area contributed by atoms with Crippen LogP contribution in [0, 0.1) is 59.2 Å². The number of benzene rings is 10. The summed E-state index contributed by atoms with van der Waals surface area (Å²) in [6.45, 7) is 4.71. The van der Waals surface area contributed by atoms with E-state index >= 15 is 0 Å². The summed E-state index contributed by atoms with van der Waals surface area (Å²) >= 11 is 13.4. The quantitative estimate of drug-likeness (QED) is 0.107. The van der Waals surface area contributed by atoms with E-state index in [0.717, 1.165) is 0 Å². The molecule has 6 heteroatoms. The van der Waals surface area contributed by atoms with E-state index in [0.29, 0.717) is 26.4 Å². The van der Waals surface area contributed by atoms with Crippen molar-refractivity contribution in [3.8, 4) is 0 Å². The molecule has 0 saturated heterocycles. The second-order valence-corrected chi connectivity index (χ2v) is 34.2. The standard InChI is InChI=1S/2C37H29.4BrH.2Rh/c2*1-27(28-17-7-2-8-18-28)33-34(29-19-9-3-10-20-29)36(31-23-13-5-14-24-31)37(32-25-15-6-16-26-32)35(33)30-21-11-4-12-22-30;;;;;;/h2*2-27H,1H3;4*1H;;/q;;;;;;2*+3/p-4/t2*27-;;;;;;/m11....../s1. The third-order valence-corrected chi connectivity index (χ3v) is 14.5. The molecule has 2 saturated carbocycles. The molecular formula is C74H58Br4Rh2+2. The molecule has 0 N–H and O–H groups in total. The van der Waals surface area contributed by atoms with Crippen LogP contribution in [0.5, 0.6) is 0 Å². The first kappa shape index (κ1) is 60.0. The second-order valence-electron chi connectivity index (χ2n) is 19.1. The Balaban J connectivity index is 0.000000176.